The third-order valence-corrected chi connectivity index (χ3v) is 4.91. The molecule has 0 spiro atoms. The van der Waals surface area contributed by atoms with Crippen molar-refractivity contribution in [3.8, 4) is 0 Å². The lowest BCUT2D eigenvalue weighted by Crippen LogP contribution is -2.56. The summed E-state index contributed by atoms with van der Waals surface area (Å²) in [5.74, 6) is 0.623. The number of imidazole rings is 1. The van der Waals surface area contributed by atoms with Gasteiger partial charge in [0.15, 0.2) is 0 Å². The number of aromatic amines is 1. The quantitative estimate of drug-likeness (QED) is 0.766. The van der Waals surface area contributed by atoms with Crippen molar-refractivity contribution in [3.05, 3.63) is 53.6 Å². The molecule has 27 heavy (non-hydrogen) atoms. The van der Waals surface area contributed by atoms with Crippen LogP contribution in [0.5, 0.6) is 0 Å². The molecular formula is C20H27N5O2. The number of hydrogen-bond donors (Lipinski definition) is 2. The molecule has 2 aromatic rings. The van der Waals surface area contributed by atoms with E-state index in [1.54, 1.807) is 18.1 Å². The van der Waals surface area contributed by atoms with Crippen molar-refractivity contribution in [2.75, 3.05) is 26.7 Å². The molecule has 0 bridgehead atoms. The Morgan fingerprint density at radius 1 is 1.33 bits per heavy atom. The molecule has 7 nitrogen and oxygen atoms in total. The Morgan fingerprint density at radius 2 is 2.11 bits per heavy atom. The minimum Gasteiger partial charge on any atom is -0.353 e. The number of hydrogen-bond acceptors (Lipinski definition) is 4. The first kappa shape index (κ1) is 19.1. The number of aryl methyl sites for hydroxylation is 1. The van der Waals surface area contributed by atoms with Crippen LogP contribution in [0.25, 0.3) is 0 Å². The summed E-state index contributed by atoms with van der Waals surface area (Å²) in [6.45, 7) is 4.48. The van der Waals surface area contributed by atoms with Crippen LogP contribution in [0.1, 0.15) is 23.5 Å². The first-order valence-electron chi connectivity index (χ1n) is 9.33. The monoisotopic (exact) mass is 369 g/mol. The maximum atomic E-state index is 12.7. The fourth-order valence-electron chi connectivity index (χ4n) is 3.35. The van der Waals surface area contributed by atoms with Gasteiger partial charge in [-0.3, -0.25) is 14.5 Å². The molecule has 0 saturated carbocycles. The van der Waals surface area contributed by atoms with Crippen molar-refractivity contribution in [1.82, 2.24) is 25.1 Å². The molecule has 7 heteroatoms. The molecule has 3 rings (SSSR count). The van der Waals surface area contributed by atoms with Gasteiger partial charge in [0, 0.05) is 38.6 Å². The summed E-state index contributed by atoms with van der Waals surface area (Å²) in [4.78, 5) is 36.2. The van der Waals surface area contributed by atoms with E-state index < -0.39 is 6.04 Å². The van der Waals surface area contributed by atoms with Crippen molar-refractivity contribution < 1.29 is 9.59 Å². The first-order chi connectivity index (χ1) is 13.0. The predicted molar refractivity (Wildman–Crippen MR) is 103 cm³/mol. The van der Waals surface area contributed by atoms with Crippen LogP contribution in [-0.2, 0) is 22.6 Å². The van der Waals surface area contributed by atoms with Crippen LogP contribution in [0, 0.1) is 6.92 Å². The molecule has 1 aliphatic rings. The Kier molecular flexibility index (Phi) is 6.24. The van der Waals surface area contributed by atoms with Crippen molar-refractivity contribution in [2.45, 2.75) is 32.4 Å². The van der Waals surface area contributed by atoms with Gasteiger partial charge in [-0.25, -0.2) is 4.98 Å². The van der Waals surface area contributed by atoms with Gasteiger partial charge in [0.2, 0.25) is 11.8 Å². The van der Waals surface area contributed by atoms with E-state index >= 15 is 0 Å². The molecule has 2 amide bonds. The van der Waals surface area contributed by atoms with Crippen LogP contribution >= 0.6 is 0 Å². The second-order valence-electron chi connectivity index (χ2n) is 7.05. The lowest BCUT2D eigenvalue weighted by Gasteiger charge is -2.35. The van der Waals surface area contributed by atoms with E-state index in [1.165, 1.54) is 5.56 Å². The average Bonchev–Trinajstić information content (AvgIpc) is 3.07. The largest absolute Gasteiger partial charge is 0.353 e. The van der Waals surface area contributed by atoms with Crippen molar-refractivity contribution in [1.29, 1.82) is 0 Å². The van der Waals surface area contributed by atoms with Crippen LogP contribution < -0.4 is 5.32 Å². The number of rotatable bonds is 7. The van der Waals surface area contributed by atoms with E-state index in [4.69, 9.17) is 0 Å². The SMILES string of the molecule is Cc1cnc(CN(C)C(=O)CC2C(=O)NCCN2CCc2ccccc2)[nH]1. The lowest BCUT2D eigenvalue weighted by molar-refractivity contribution is -0.138. The summed E-state index contributed by atoms with van der Waals surface area (Å²) >= 11 is 0. The molecule has 1 atom stereocenters. The topological polar surface area (TPSA) is 81.3 Å². The number of piperazine rings is 1. The zero-order valence-corrected chi connectivity index (χ0v) is 15.9. The van der Waals surface area contributed by atoms with Crippen LogP contribution in [-0.4, -0.2) is 64.3 Å². The number of nitrogens with one attached hydrogen (secondary N) is 2. The Morgan fingerprint density at radius 3 is 2.81 bits per heavy atom. The minimum absolute atomic E-state index is 0.0594. The first-order valence-corrected chi connectivity index (χ1v) is 9.33. The summed E-state index contributed by atoms with van der Waals surface area (Å²) in [5.41, 5.74) is 2.20. The normalized spacial score (nSPS) is 17.6. The molecule has 1 aliphatic heterocycles. The number of nitrogens with zero attached hydrogens (tertiary/aromatic N) is 3. The van der Waals surface area contributed by atoms with E-state index in [1.807, 2.05) is 25.1 Å². The molecular weight excluding hydrogens is 342 g/mol. The third-order valence-electron chi connectivity index (χ3n) is 4.91. The molecule has 1 unspecified atom stereocenters. The Bertz CT molecular complexity index is 774. The van der Waals surface area contributed by atoms with Crippen LogP contribution in [0.4, 0.5) is 0 Å². The minimum atomic E-state index is -0.421. The molecule has 144 valence electrons. The van der Waals surface area contributed by atoms with Crippen molar-refractivity contribution in [3.63, 3.8) is 0 Å². The molecule has 0 radical (unpaired) electrons. The van der Waals surface area contributed by atoms with E-state index in [2.05, 4.69) is 32.3 Å². The summed E-state index contributed by atoms with van der Waals surface area (Å²) in [7, 11) is 1.75. The van der Waals surface area contributed by atoms with Gasteiger partial charge in [-0.1, -0.05) is 30.3 Å². The lowest BCUT2D eigenvalue weighted by atomic mass is 10.1. The molecule has 1 aromatic heterocycles. The van der Waals surface area contributed by atoms with Gasteiger partial charge >= 0.3 is 0 Å². The molecule has 0 aliphatic carbocycles. The van der Waals surface area contributed by atoms with Gasteiger partial charge in [0.1, 0.15) is 5.82 Å². The summed E-state index contributed by atoms with van der Waals surface area (Å²) < 4.78 is 0. The number of amides is 2. The predicted octanol–water partition coefficient (Wildman–Crippen LogP) is 1.11. The average molecular weight is 369 g/mol. The van der Waals surface area contributed by atoms with E-state index in [0.29, 0.717) is 13.1 Å². The summed E-state index contributed by atoms with van der Waals surface area (Å²) in [6, 6.07) is 9.79. The van der Waals surface area contributed by atoms with Crippen LogP contribution in [0.15, 0.2) is 36.5 Å². The van der Waals surface area contributed by atoms with E-state index in [9.17, 15) is 9.59 Å². The molecule has 1 saturated heterocycles. The fourth-order valence-corrected chi connectivity index (χ4v) is 3.35. The van der Waals surface area contributed by atoms with Gasteiger partial charge < -0.3 is 15.2 Å². The maximum Gasteiger partial charge on any atom is 0.237 e. The number of carbonyl (C=O) groups is 2. The number of benzene rings is 1. The zero-order valence-electron chi connectivity index (χ0n) is 15.9. The Hall–Kier alpha value is -2.67. The molecule has 1 fully saturated rings. The highest BCUT2D eigenvalue weighted by molar-refractivity contribution is 5.88. The third kappa shape index (κ3) is 5.17. The van der Waals surface area contributed by atoms with Crippen molar-refractivity contribution in [2.24, 2.45) is 0 Å². The molecule has 1 aromatic carbocycles. The highest BCUT2D eigenvalue weighted by Gasteiger charge is 2.32. The second kappa shape index (κ2) is 8.81. The fraction of sp³-hybridized carbons (Fsp3) is 0.450. The summed E-state index contributed by atoms with van der Waals surface area (Å²) in [5, 5.41) is 2.89. The van der Waals surface area contributed by atoms with Gasteiger partial charge in [0.25, 0.3) is 0 Å². The van der Waals surface area contributed by atoms with Gasteiger partial charge in [-0.2, -0.15) is 0 Å². The molecule has 2 N–H and O–H groups in total. The summed E-state index contributed by atoms with van der Waals surface area (Å²) in [6.07, 6.45) is 2.78. The molecule has 2 heterocycles. The highest BCUT2D eigenvalue weighted by Crippen LogP contribution is 2.13. The zero-order chi connectivity index (χ0) is 19.2. The Balaban J connectivity index is 1.58. The van der Waals surface area contributed by atoms with Crippen LogP contribution in [0.3, 0.4) is 0 Å². The number of H-pyrrole nitrogens is 1. The second-order valence-corrected chi connectivity index (χ2v) is 7.05. The van der Waals surface area contributed by atoms with Gasteiger partial charge in [0.05, 0.1) is 19.0 Å². The van der Waals surface area contributed by atoms with Gasteiger partial charge in [-0.15, -0.1) is 0 Å². The van der Waals surface area contributed by atoms with Gasteiger partial charge in [-0.05, 0) is 18.9 Å². The van der Waals surface area contributed by atoms with E-state index in [-0.39, 0.29) is 18.2 Å². The standard InChI is InChI=1S/C20H27N5O2/c1-15-13-22-18(23-15)14-24(2)19(26)12-17-20(27)21-9-11-25(17)10-8-16-6-4-3-5-7-16/h3-7,13,17H,8-12,14H2,1-2H3,(H,21,27)(H,22,23). The highest BCUT2D eigenvalue weighted by atomic mass is 16.2. The smallest absolute Gasteiger partial charge is 0.237 e. The van der Waals surface area contributed by atoms with Crippen molar-refractivity contribution >= 4 is 11.8 Å². The van der Waals surface area contributed by atoms with E-state index in [0.717, 1.165) is 31.0 Å². The Labute approximate surface area is 159 Å². The maximum absolute atomic E-state index is 12.7. The number of carbonyl (C=O) groups excluding carboxylic acids is 2. The number of aromatic nitrogens is 2. The van der Waals surface area contributed by atoms with Crippen LogP contribution in [0.2, 0.25) is 0 Å².